The standard InChI is InChI=1S/C37H34FN7O2/c1-24-33-34(25-13-18-31(46-2)32(23-25)47-3)44-30-12-8-7-11-29(30)39-36(37(44)40-35(33)45(41-24)28-9-5-4-6-10-28)43-21-19-42(20-22-43)27-16-14-26(38)15-17-27/h4-18,23,34H,19-22H2,1-3H3/t34-/m1/s1. The molecule has 0 N–H and O–H groups in total. The molecule has 10 heteroatoms. The second-order valence-electron chi connectivity index (χ2n) is 11.8. The molecule has 0 bridgehead atoms. The Kier molecular flexibility index (Phi) is 7.12. The van der Waals surface area contributed by atoms with Gasteiger partial charge in [-0.15, -0.1) is 0 Å². The largest absolute Gasteiger partial charge is 0.493 e. The highest BCUT2D eigenvalue weighted by Crippen LogP contribution is 2.49. The van der Waals surface area contributed by atoms with Crippen molar-refractivity contribution < 1.29 is 13.9 Å². The molecule has 0 unspecified atom stereocenters. The fourth-order valence-corrected chi connectivity index (χ4v) is 6.83. The topological polar surface area (TPSA) is 70.7 Å². The zero-order chi connectivity index (χ0) is 32.1. The van der Waals surface area contributed by atoms with Gasteiger partial charge in [0.15, 0.2) is 29.0 Å². The van der Waals surface area contributed by atoms with E-state index < -0.39 is 0 Å². The molecule has 0 spiro atoms. The molecule has 47 heavy (non-hydrogen) atoms. The van der Waals surface area contributed by atoms with Crippen molar-refractivity contribution in [1.29, 1.82) is 0 Å². The predicted octanol–water partition coefficient (Wildman–Crippen LogP) is 6.84. The summed E-state index contributed by atoms with van der Waals surface area (Å²) in [7, 11) is 3.31. The van der Waals surface area contributed by atoms with Gasteiger partial charge in [0.25, 0.3) is 0 Å². The number of piperazine rings is 1. The minimum Gasteiger partial charge on any atom is -0.493 e. The molecule has 236 valence electrons. The number of aliphatic imine (C=N–C) groups is 2. The van der Waals surface area contributed by atoms with Gasteiger partial charge in [-0.2, -0.15) is 5.10 Å². The van der Waals surface area contributed by atoms with Gasteiger partial charge in [-0.25, -0.2) is 19.1 Å². The number of fused-ring (bicyclic) bond motifs is 4. The van der Waals surface area contributed by atoms with E-state index in [9.17, 15) is 4.39 Å². The van der Waals surface area contributed by atoms with Crippen LogP contribution in [0.1, 0.15) is 22.9 Å². The molecule has 1 saturated heterocycles. The van der Waals surface area contributed by atoms with Gasteiger partial charge in [0.05, 0.1) is 43.0 Å². The van der Waals surface area contributed by atoms with E-state index in [-0.39, 0.29) is 11.9 Å². The highest BCUT2D eigenvalue weighted by Gasteiger charge is 2.43. The molecule has 1 atom stereocenters. The zero-order valence-corrected chi connectivity index (χ0v) is 26.5. The minimum absolute atomic E-state index is 0.230. The molecule has 0 amide bonds. The average Bonchev–Trinajstić information content (AvgIpc) is 3.46. The Balaban J connectivity index is 1.29. The van der Waals surface area contributed by atoms with Crippen LogP contribution in [0.25, 0.3) is 5.69 Å². The van der Waals surface area contributed by atoms with E-state index in [2.05, 4.69) is 32.9 Å². The van der Waals surface area contributed by atoms with E-state index in [0.29, 0.717) is 11.5 Å². The number of hydrogen-bond acceptors (Lipinski definition) is 8. The Bertz CT molecular complexity index is 2010. The van der Waals surface area contributed by atoms with Gasteiger partial charge in [0.1, 0.15) is 5.82 Å². The first kappa shape index (κ1) is 28.8. The van der Waals surface area contributed by atoms with E-state index >= 15 is 0 Å². The van der Waals surface area contributed by atoms with Crippen LogP contribution in [-0.4, -0.2) is 66.8 Å². The molecule has 1 fully saturated rings. The molecule has 0 aliphatic carbocycles. The molecule has 0 radical (unpaired) electrons. The SMILES string of the molecule is COc1ccc([C@@H]2c3c(C)nn(-c4ccccc4)c3N=C3C(N4CCN(c5ccc(F)cc5)CC4)=Nc4ccccc4N32)cc1OC. The molecular formula is C37H34FN7O2. The van der Waals surface area contributed by atoms with Crippen LogP contribution in [-0.2, 0) is 0 Å². The lowest BCUT2D eigenvalue weighted by Crippen LogP contribution is -2.55. The van der Waals surface area contributed by atoms with Crippen LogP contribution in [0.4, 0.5) is 27.3 Å². The summed E-state index contributed by atoms with van der Waals surface area (Å²) in [5.74, 6) is 3.45. The maximum Gasteiger partial charge on any atom is 0.179 e. The lowest BCUT2D eigenvalue weighted by atomic mass is 9.93. The molecular weight excluding hydrogens is 593 g/mol. The first-order valence-electron chi connectivity index (χ1n) is 15.7. The summed E-state index contributed by atoms with van der Waals surface area (Å²) in [4.78, 5) is 17.6. The van der Waals surface area contributed by atoms with Crippen molar-refractivity contribution in [1.82, 2.24) is 14.7 Å². The number of para-hydroxylation sites is 3. The van der Waals surface area contributed by atoms with Crippen molar-refractivity contribution in [2.75, 3.05) is 50.2 Å². The van der Waals surface area contributed by atoms with Crippen molar-refractivity contribution in [3.8, 4) is 17.2 Å². The number of nitrogens with zero attached hydrogens (tertiary/aromatic N) is 7. The van der Waals surface area contributed by atoms with Crippen molar-refractivity contribution in [3.05, 3.63) is 120 Å². The van der Waals surface area contributed by atoms with Gasteiger partial charge >= 0.3 is 0 Å². The predicted molar refractivity (Wildman–Crippen MR) is 183 cm³/mol. The van der Waals surface area contributed by atoms with Crippen LogP contribution in [0, 0.1) is 12.7 Å². The number of ether oxygens (including phenoxy) is 2. The van der Waals surface area contributed by atoms with E-state index in [1.165, 1.54) is 12.1 Å². The first-order valence-corrected chi connectivity index (χ1v) is 15.7. The quantitative estimate of drug-likeness (QED) is 0.213. The Morgan fingerprint density at radius 1 is 0.702 bits per heavy atom. The highest BCUT2D eigenvalue weighted by molar-refractivity contribution is 6.48. The molecule has 5 aromatic rings. The van der Waals surface area contributed by atoms with E-state index in [1.54, 1.807) is 14.2 Å². The third-order valence-corrected chi connectivity index (χ3v) is 9.12. The van der Waals surface area contributed by atoms with E-state index in [1.807, 2.05) is 78.3 Å². The Morgan fingerprint density at radius 3 is 2.15 bits per heavy atom. The number of hydrogen-bond donors (Lipinski definition) is 0. The number of benzene rings is 4. The molecule has 4 heterocycles. The smallest absolute Gasteiger partial charge is 0.179 e. The maximum atomic E-state index is 13.6. The normalized spacial score (nSPS) is 16.9. The van der Waals surface area contributed by atoms with Crippen molar-refractivity contribution in [2.45, 2.75) is 13.0 Å². The summed E-state index contributed by atoms with van der Waals surface area (Å²) >= 11 is 0. The van der Waals surface area contributed by atoms with Crippen molar-refractivity contribution >= 4 is 34.6 Å². The monoisotopic (exact) mass is 627 g/mol. The number of rotatable bonds is 5. The molecule has 4 aromatic carbocycles. The fraction of sp³-hybridized carbons (Fsp3) is 0.216. The maximum absolute atomic E-state index is 13.6. The zero-order valence-electron chi connectivity index (χ0n) is 26.5. The van der Waals surface area contributed by atoms with E-state index in [0.717, 1.165) is 83.2 Å². The minimum atomic E-state index is -0.276. The van der Waals surface area contributed by atoms with Crippen LogP contribution in [0.15, 0.2) is 107 Å². The van der Waals surface area contributed by atoms with Crippen LogP contribution in [0.3, 0.4) is 0 Å². The summed E-state index contributed by atoms with van der Waals surface area (Å²) in [6, 6.07) is 30.9. The van der Waals surface area contributed by atoms with Gasteiger partial charge in [0, 0.05) is 37.4 Å². The molecule has 3 aliphatic heterocycles. The Hall–Kier alpha value is -5.64. The third-order valence-electron chi connectivity index (χ3n) is 9.12. The summed E-state index contributed by atoms with van der Waals surface area (Å²) in [6.07, 6.45) is 0. The van der Waals surface area contributed by atoms with Crippen LogP contribution in [0.2, 0.25) is 0 Å². The number of anilines is 2. The van der Waals surface area contributed by atoms with Gasteiger partial charge in [-0.05, 0) is 73.2 Å². The van der Waals surface area contributed by atoms with Gasteiger partial charge in [-0.1, -0.05) is 36.4 Å². The number of amidine groups is 2. The highest BCUT2D eigenvalue weighted by atomic mass is 19.1. The van der Waals surface area contributed by atoms with Gasteiger partial charge in [0.2, 0.25) is 0 Å². The fourth-order valence-electron chi connectivity index (χ4n) is 6.83. The van der Waals surface area contributed by atoms with Crippen LogP contribution < -0.4 is 19.3 Å². The van der Waals surface area contributed by atoms with E-state index in [4.69, 9.17) is 24.6 Å². The number of halogens is 1. The molecule has 8 rings (SSSR count). The second kappa shape index (κ2) is 11.6. The average molecular weight is 628 g/mol. The van der Waals surface area contributed by atoms with Gasteiger partial charge < -0.3 is 24.2 Å². The summed E-state index contributed by atoms with van der Waals surface area (Å²) in [5.41, 5.74) is 6.72. The summed E-state index contributed by atoms with van der Waals surface area (Å²) in [5, 5.41) is 5.06. The molecule has 3 aliphatic rings. The van der Waals surface area contributed by atoms with Crippen molar-refractivity contribution in [3.63, 3.8) is 0 Å². The molecule has 0 saturated carbocycles. The Morgan fingerprint density at radius 2 is 1.40 bits per heavy atom. The first-order chi connectivity index (χ1) is 23.0. The lowest BCUT2D eigenvalue weighted by molar-refractivity contribution is 0.354. The molecule has 1 aromatic heterocycles. The summed E-state index contributed by atoms with van der Waals surface area (Å²) < 4.78 is 27.0. The van der Waals surface area contributed by atoms with Crippen LogP contribution >= 0.6 is 0 Å². The Labute approximate surface area is 272 Å². The summed E-state index contributed by atoms with van der Waals surface area (Å²) in [6.45, 7) is 5.05. The third kappa shape index (κ3) is 4.88. The number of aromatic nitrogens is 2. The lowest BCUT2D eigenvalue weighted by Gasteiger charge is -2.44. The van der Waals surface area contributed by atoms with Gasteiger partial charge in [-0.3, -0.25) is 0 Å². The number of methoxy groups -OCH3 is 2. The van der Waals surface area contributed by atoms with Crippen molar-refractivity contribution in [2.24, 2.45) is 9.98 Å². The van der Waals surface area contributed by atoms with Crippen LogP contribution in [0.5, 0.6) is 11.5 Å². The number of aryl methyl sites for hydroxylation is 1. The second-order valence-corrected chi connectivity index (χ2v) is 11.8. The molecule has 9 nitrogen and oxygen atoms in total.